The smallest absolute Gasteiger partial charge is 0.309 e. The molecule has 2 rings (SSSR count). The molecule has 25 heavy (non-hydrogen) atoms. The number of hydrogen-bond donors (Lipinski definition) is 0. The number of Topliss-reactive ketones (excluding diaryl/α,β-unsaturated/α-hetero) is 1. The molecule has 0 spiro atoms. The van der Waals surface area contributed by atoms with Crippen LogP contribution >= 0.6 is 0 Å². The summed E-state index contributed by atoms with van der Waals surface area (Å²) in [5.41, 5.74) is -0.0683. The van der Waals surface area contributed by atoms with E-state index in [9.17, 15) is 18.4 Å². The molecular weight excluding hydrogens is 334 g/mol. The zero-order valence-electron chi connectivity index (χ0n) is 13.5. The van der Waals surface area contributed by atoms with Gasteiger partial charge in [-0.05, 0) is 42.5 Å². The largest absolute Gasteiger partial charge is 0.497 e. The number of esters is 1. The van der Waals surface area contributed by atoms with Crippen molar-refractivity contribution in [2.75, 3.05) is 20.3 Å². The third-order valence-electron chi connectivity index (χ3n) is 3.24. The maximum atomic E-state index is 13.1. The van der Waals surface area contributed by atoms with Gasteiger partial charge in [-0.2, -0.15) is 0 Å². The first-order valence-corrected chi connectivity index (χ1v) is 7.40. The Morgan fingerprint density at radius 2 is 1.64 bits per heavy atom. The number of benzene rings is 2. The highest BCUT2D eigenvalue weighted by Gasteiger charge is 2.12. The Morgan fingerprint density at radius 1 is 0.960 bits per heavy atom. The van der Waals surface area contributed by atoms with Crippen LogP contribution in [0.3, 0.4) is 0 Å². The minimum atomic E-state index is -1.13. The Bertz CT molecular complexity index is 744. The maximum Gasteiger partial charge on any atom is 0.309 e. The van der Waals surface area contributed by atoms with Gasteiger partial charge in [-0.25, -0.2) is 8.78 Å². The Labute approximate surface area is 143 Å². The van der Waals surface area contributed by atoms with Crippen LogP contribution < -0.4 is 9.47 Å². The molecule has 5 nitrogen and oxygen atoms in total. The molecule has 0 heterocycles. The van der Waals surface area contributed by atoms with Crippen LogP contribution in [0.4, 0.5) is 8.78 Å². The number of hydrogen-bond acceptors (Lipinski definition) is 5. The molecule has 0 aromatic heterocycles. The van der Waals surface area contributed by atoms with Gasteiger partial charge in [-0.15, -0.1) is 0 Å². The highest BCUT2D eigenvalue weighted by atomic mass is 19.2. The summed E-state index contributed by atoms with van der Waals surface area (Å²) in [7, 11) is 1.55. The van der Waals surface area contributed by atoms with Crippen molar-refractivity contribution < 1.29 is 32.6 Å². The molecule has 0 aliphatic heterocycles. The van der Waals surface area contributed by atoms with E-state index in [2.05, 4.69) is 0 Å². The predicted octanol–water partition coefficient (Wildman–Crippen LogP) is 3.17. The minimum Gasteiger partial charge on any atom is -0.497 e. The van der Waals surface area contributed by atoms with E-state index < -0.39 is 30.0 Å². The maximum absolute atomic E-state index is 13.1. The number of carbonyl (C=O) groups excluding carboxylic acids is 2. The predicted molar refractivity (Wildman–Crippen MR) is 84.8 cm³/mol. The van der Waals surface area contributed by atoms with Crippen molar-refractivity contribution in [3.05, 3.63) is 59.7 Å². The van der Waals surface area contributed by atoms with Crippen molar-refractivity contribution in [1.29, 1.82) is 0 Å². The molecular formula is C18H16F2O5. The number of carbonyl (C=O) groups is 2. The Kier molecular flexibility index (Phi) is 6.45. The molecule has 0 fully saturated rings. The normalized spacial score (nSPS) is 10.2. The van der Waals surface area contributed by atoms with Gasteiger partial charge >= 0.3 is 5.97 Å². The molecule has 0 unspecified atom stereocenters. The highest BCUT2D eigenvalue weighted by Crippen LogP contribution is 2.17. The second-order valence-corrected chi connectivity index (χ2v) is 4.99. The van der Waals surface area contributed by atoms with Gasteiger partial charge < -0.3 is 14.2 Å². The number of ketones is 1. The van der Waals surface area contributed by atoms with Gasteiger partial charge in [0.25, 0.3) is 0 Å². The summed E-state index contributed by atoms with van der Waals surface area (Å²) in [6.07, 6.45) is -0.0584. The molecule has 7 heteroatoms. The summed E-state index contributed by atoms with van der Waals surface area (Å²) < 4.78 is 41.0. The standard InChI is InChI=1S/C18H16F2O5/c1-23-13-3-5-14(6-4-13)24-9-8-18(22)25-11-17(21)12-2-7-15(19)16(20)10-12/h2-7,10H,8-9,11H2,1H3. The van der Waals surface area contributed by atoms with Crippen molar-refractivity contribution >= 4 is 11.8 Å². The van der Waals surface area contributed by atoms with Crippen LogP contribution in [-0.4, -0.2) is 32.1 Å². The molecule has 0 saturated carbocycles. The van der Waals surface area contributed by atoms with Crippen LogP contribution in [0, 0.1) is 11.6 Å². The van der Waals surface area contributed by atoms with E-state index in [0.717, 1.165) is 18.2 Å². The van der Waals surface area contributed by atoms with E-state index in [1.807, 2.05) is 0 Å². The van der Waals surface area contributed by atoms with Crippen LogP contribution in [0.25, 0.3) is 0 Å². The molecule has 2 aromatic rings. The van der Waals surface area contributed by atoms with E-state index in [4.69, 9.17) is 14.2 Å². The quantitative estimate of drug-likeness (QED) is 0.541. The topological polar surface area (TPSA) is 61.8 Å². The molecule has 0 amide bonds. The molecule has 0 atom stereocenters. The summed E-state index contributed by atoms with van der Waals surface area (Å²) in [4.78, 5) is 23.3. The third kappa shape index (κ3) is 5.56. The van der Waals surface area contributed by atoms with Gasteiger partial charge in [0.1, 0.15) is 11.5 Å². The van der Waals surface area contributed by atoms with Crippen LogP contribution in [-0.2, 0) is 9.53 Å². The van der Waals surface area contributed by atoms with Crippen molar-refractivity contribution in [3.63, 3.8) is 0 Å². The molecule has 0 aliphatic carbocycles. The summed E-state index contributed by atoms with van der Waals surface area (Å²) >= 11 is 0. The van der Waals surface area contributed by atoms with Crippen LogP contribution in [0.2, 0.25) is 0 Å². The van der Waals surface area contributed by atoms with E-state index in [-0.39, 0.29) is 18.6 Å². The summed E-state index contributed by atoms with van der Waals surface area (Å²) in [6, 6.07) is 9.54. The van der Waals surface area contributed by atoms with Crippen molar-refractivity contribution in [3.8, 4) is 11.5 Å². The minimum absolute atomic E-state index is 0.0584. The van der Waals surface area contributed by atoms with Gasteiger partial charge in [0, 0.05) is 5.56 Å². The van der Waals surface area contributed by atoms with Gasteiger partial charge in [-0.3, -0.25) is 9.59 Å². The number of rotatable bonds is 8. The molecule has 0 saturated heterocycles. The third-order valence-corrected chi connectivity index (χ3v) is 3.24. The molecule has 132 valence electrons. The average molecular weight is 350 g/mol. The SMILES string of the molecule is COc1ccc(OCCC(=O)OCC(=O)c2ccc(F)c(F)c2)cc1. The van der Waals surface area contributed by atoms with Gasteiger partial charge in [0.15, 0.2) is 24.0 Å². The number of ether oxygens (including phenoxy) is 3. The van der Waals surface area contributed by atoms with Crippen molar-refractivity contribution in [1.82, 2.24) is 0 Å². The van der Waals surface area contributed by atoms with Crippen molar-refractivity contribution in [2.24, 2.45) is 0 Å². The van der Waals surface area contributed by atoms with E-state index in [1.165, 1.54) is 0 Å². The fourth-order valence-corrected chi connectivity index (χ4v) is 1.90. The summed E-state index contributed by atoms with van der Waals surface area (Å²) in [5.74, 6) is -2.20. The first kappa shape index (κ1) is 18.4. The highest BCUT2D eigenvalue weighted by molar-refractivity contribution is 5.97. The van der Waals surface area contributed by atoms with Crippen molar-refractivity contribution in [2.45, 2.75) is 6.42 Å². The first-order chi connectivity index (χ1) is 12.0. The molecule has 0 N–H and O–H groups in total. The van der Waals surface area contributed by atoms with E-state index in [1.54, 1.807) is 31.4 Å². The molecule has 0 aliphatic rings. The Morgan fingerprint density at radius 3 is 2.28 bits per heavy atom. The second-order valence-electron chi connectivity index (χ2n) is 4.99. The van der Waals surface area contributed by atoms with Crippen LogP contribution in [0.1, 0.15) is 16.8 Å². The Balaban J connectivity index is 1.72. The van der Waals surface area contributed by atoms with E-state index >= 15 is 0 Å². The molecule has 0 bridgehead atoms. The lowest BCUT2D eigenvalue weighted by atomic mass is 10.1. The summed E-state index contributed by atoms with van der Waals surface area (Å²) in [5, 5.41) is 0. The van der Waals surface area contributed by atoms with Gasteiger partial charge in [-0.1, -0.05) is 0 Å². The molecule has 0 radical (unpaired) electrons. The zero-order valence-corrected chi connectivity index (χ0v) is 13.5. The zero-order chi connectivity index (χ0) is 18.2. The number of methoxy groups -OCH3 is 1. The fraction of sp³-hybridized carbons (Fsp3) is 0.222. The van der Waals surface area contributed by atoms with Crippen LogP contribution in [0.5, 0.6) is 11.5 Å². The van der Waals surface area contributed by atoms with Gasteiger partial charge in [0.05, 0.1) is 20.1 Å². The number of halogens is 2. The first-order valence-electron chi connectivity index (χ1n) is 7.40. The summed E-state index contributed by atoms with van der Waals surface area (Å²) in [6.45, 7) is -0.475. The lowest BCUT2D eigenvalue weighted by Crippen LogP contribution is -2.16. The monoisotopic (exact) mass is 350 g/mol. The Hall–Kier alpha value is -2.96. The van der Waals surface area contributed by atoms with Gasteiger partial charge in [0.2, 0.25) is 0 Å². The second kappa shape index (κ2) is 8.77. The lowest BCUT2D eigenvalue weighted by Gasteiger charge is -2.07. The van der Waals surface area contributed by atoms with E-state index in [0.29, 0.717) is 11.5 Å². The molecule has 2 aromatic carbocycles. The average Bonchev–Trinajstić information content (AvgIpc) is 2.62. The lowest BCUT2D eigenvalue weighted by molar-refractivity contribution is -0.143. The van der Waals surface area contributed by atoms with Crippen LogP contribution in [0.15, 0.2) is 42.5 Å². The fourth-order valence-electron chi connectivity index (χ4n) is 1.90.